The number of amides is 1. The maximum Gasteiger partial charge on any atom is 0.416 e. The van der Waals surface area contributed by atoms with Crippen molar-refractivity contribution in [1.29, 1.82) is 0 Å². The highest BCUT2D eigenvalue weighted by Crippen LogP contribution is 2.31. The number of rotatable bonds is 7. The van der Waals surface area contributed by atoms with Crippen LogP contribution in [0.1, 0.15) is 17.0 Å². The molecule has 0 aliphatic rings. The Labute approximate surface area is 158 Å². The number of ether oxygens (including phenoxy) is 1. The van der Waals surface area contributed by atoms with Gasteiger partial charge in [-0.3, -0.25) is 4.79 Å². The normalized spacial score (nSPS) is 11.4. The molecule has 2 aromatic carbocycles. The molecule has 146 valence electrons. The summed E-state index contributed by atoms with van der Waals surface area (Å²) < 4.78 is 48.6. The van der Waals surface area contributed by atoms with Crippen LogP contribution in [-0.2, 0) is 28.9 Å². The summed E-state index contributed by atoms with van der Waals surface area (Å²) in [6, 6.07) is 14.0. The topological polar surface area (TPSA) is 77.2 Å². The lowest BCUT2D eigenvalue weighted by Gasteiger charge is -2.06. The van der Waals surface area contributed by atoms with E-state index in [0.29, 0.717) is 6.61 Å². The third-order valence-electron chi connectivity index (χ3n) is 3.70. The molecule has 0 saturated heterocycles. The molecule has 9 heteroatoms. The highest BCUT2D eigenvalue weighted by Gasteiger charge is 2.30. The van der Waals surface area contributed by atoms with Gasteiger partial charge in [-0.25, -0.2) is 0 Å². The summed E-state index contributed by atoms with van der Waals surface area (Å²) in [5.41, 5.74) is 0.306. The van der Waals surface area contributed by atoms with Crippen LogP contribution in [0, 0.1) is 0 Å². The first-order chi connectivity index (χ1) is 13.4. The number of carbonyl (C=O) groups excluding carboxylic acids is 1. The first-order valence-corrected chi connectivity index (χ1v) is 8.30. The van der Waals surface area contributed by atoms with Gasteiger partial charge in [-0.1, -0.05) is 47.6 Å². The third-order valence-corrected chi connectivity index (χ3v) is 3.70. The average molecular weight is 391 g/mol. The molecule has 1 N–H and O–H groups in total. The quantitative estimate of drug-likeness (QED) is 0.666. The largest absolute Gasteiger partial charge is 0.416 e. The van der Waals surface area contributed by atoms with Crippen LogP contribution >= 0.6 is 0 Å². The molecule has 0 unspecified atom stereocenters. The Morgan fingerprint density at radius 3 is 2.64 bits per heavy atom. The van der Waals surface area contributed by atoms with Crippen molar-refractivity contribution < 1.29 is 27.2 Å². The van der Waals surface area contributed by atoms with Crippen LogP contribution in [0.25, 0.3) is 11.4 Å². The number of alkyl halides is 3. The zero-order valence-electron chi connectivity index (χ0n) is 14.6. The molecule has 0 saturated carbocycles. The maximum atomic E-state index is 12.8. The monoisotopic (exact) mass is 391 g/mol. The lowest BCUT2D eigenvalue weighted by atomic mass is 10.1. The Kier molecular flexibility index (Phi) is 6.05. The molecule has 0 radical (unpaired) electrons. The van der Waals surface area contributed by atoms with Crippen LogP contribution in [0.2, 0.25) is 0 Å². The molecule has 28 heavy (non-hydrogen) atoms. The Bertz CT molecular complexity index is 927. The summed E-state index contributed by atoms with van der Waals surface area (Å²) in [5, 5.41) is 6.20. The van der Waals surface area contributed by atoms with Gasteiger partial charge in [0, 0.05) is 5.56 Å². The van der Waals surface area contributed by atoms with E-state index in [1.165, 1.54) is 12.1 Å². The van der Waals surface area contributed by atoms with Gasteiger partial charge in [0.2, 0.25) is 17.6 Å². The van der Waals surface area contributed by atoms with Gasteiger partial charge in [0.1, 0.15) is 6.61 Å². The molecular weight excluding hydrogens is 375 g/mol. The van der Waals surface area contributed by atoms with Crippen LogP contribution in [0.15, 0.2) is 59.1 Å². The number of hydrogen-bond acceptors (Lipinski definition) is 5. The Morgan fingerprint density at radius 1 is 1.11 bits per heavy atom. The van der Waals surface area contributed by atoms with Crippen LogP contribution in [-0.4, -0.2) is 22.7 Å². The molecule has 0 bridgehead atoms. The van der Waals surface area contributed by atoms with Crippen molar-refractivity contribution in [2.24, 2.45) is 0 Å². The van der Waals surface area contributed by atoms with E-state index in [4.69, 9.17) is 9.26 Å². The molecule has 0 aliphatic heterocycles. The minimum absolute atomic E-state index is 0.00989. The van der Waals surface area contributed by atoms with Crippen molar-refractivity contribution in [3.8, 4) is 11.4 Å². The van der Waals surface area contributed by atoms with Gasteiger partial charge in [-0.2, -0.15) is 18.2 Å². The van der Waals surface area contributed by atoms with Crippen molar-refractivity contribution in [2.75, 3.05) is 6.61 Å². The maximum absolute atomic E-state index is 12.8. The second-order valence-electron chi connectivity index (χ2n) is 5.85. The lowest BCUT2D eigenvalue weighted by Crippen LogP contribution is -2.27. The molecule has 1 amide bonds. The van der Waals surface area contributed by atoms with E-state index in [2.05, 4.69) is 15.5 Å². The second kappa shape index (κ2) is 8.66. The van der Waals surface area contributed by atoms with Crippen LogP contribution in [0.4, 0.5) is 13.2 Å². The van der Waals surface area contributed by atoms with Crippen LogP contribution in [0.5, 0.6) is 0 Å². The van der Waals surface area contributed by atoms with E-state index in [-0.39, 0.29) is 36.3 Å². The summed E-state index contributed by atoms with van der Waals surface area (Å²) in [7, 11) is 0. The highest BCUT2D eigenvalue weighted by molar-refractivity contribution is 5.77. The molecule has 1 heterocycles. The van der Waals surface area contributed by atoms with Crippen molar-refractivity contribution >= 4 is 5.91 Å². The summed E-state index contributed by atoms with van der Waals surface area (Å²) >= 11 is 0. The third kappa shape index (κ3) is 5.40. The first-order valence-electron chi connectivity index (χ1n) is 8.30. The van der Waals surface area contributed by atoms with Gasteiger partial charge in [0.25, 0.3) is 0 Å². The van der Waals surface area contributed by atoms with E-state index in [1.807, 2.05) is 30.3 Å². The van der Waals surface area contributed by atoms with Gasteiger partial charge in [0.15, 0.2) is 0 Å². The molecule has 0 fully saturated rings. The molecule has 3 rings (SSSR count). The lowest BCUT2D eigenvalue weighted by molar-refractivity contribution is -0.137. The van der Waals surface area contributed by atoms with Gasteiger partial charge in [0.05, 0.1) is 18.7 Å². The van der Waals surface area contributed by atoms with E-state index in [1.54, 1.807) is 0 Å². The number of aromatic nitrogens is 2. The smallest absolute Gasteiger partial charge is 0.367 e. The summed E-state index contributed by atoms with van der Waals surface area (Å²) in [6.45, 7) is 0.0948. The molecule has 1 aromatic heterocycles. The van der Waals surface area contributed by atoms with E-state index < -0.39 is 11.7 Å². The Hall–Kier alpha value is -3.20. The minimum Gasteiger partial charge on any atom is -0.367 e. The zero-order valence-corrected chi connectivity index (χ0v) is 14.6. The molecule has 3 aromatic rings. The van der Waals surface area contributed by atoms with Crippen molar-refractivity contribution in [2.45, 2.75) is 19.3 Å². The predicted octanol–water partition coefficient (Wildman–Crippen LogP) is 3.59. The van der Waals surface area contributed by atoms with Gasteiger partial charge >= 0.3 is 6.18 Å². The Morgan fingerprint density at radius 2 is 1.89 bits per heavy atom. The van der Waals surface area contributed by atoms with E-state index in [0.717, 1.165) is 17.7 Å². The van der Waals surface area contributed by atoms with Crippen molar-refractivity contribution in [1.82, 2.24) is 15.5 Å². The molecule has 0 atom stereocenters. The summed E-state index contributed by atoms with van der Waals surface area (Å²) in [5.74, 6) is -0.297. The second-order valence-corrected chi connectivity index (χ2v) is 5.85. The van der Waals surface area contributed by atoms with E-state index in [9.17, 15) is 18.0 Å². The predicted molar refractivity (Wildman–Crippen MR) is 92.7 cm³/mol. The molecule has 0 aliphatic carbocycles. The number of halogens is 3. The molecule has 0 spiro atoms. The van der Waals surface area contributed by atoms with Crippen LogP contribution in [0.3, 0.4) is 0 Å². The highest BCUT2D eigenvalue weighted by atomic mass is 19.4. The number of nitrogens with one attached hydrogen (secondary N) is 1. The minimum atomic E-state index is -4.46. The molecule has 6 nitrogen and oxygen atoms in total. The average Bonchev–Trinajstić information content (AvgIpc) is 3.16. The SMILES string of the molecule is O=C(COCc1ccccc1)NCc1nc(-c2cccc(C(F)(F)F)c2)no1. The van der Waals surface area contributed by atoms with Gasteiger partial charge < -0.3 is 14.6 Å². The molecular formula is C19H16F3N3O3. The summed E-state index contributed by atoms with van der Waals surface area (Å²) in [4.78, 5) is 15.8. The number of hydrogen-bond donors (Lipinski definition) is 1. The first kappa shape index (κ1) is 19.6. The summed E-state index contributed by atoms with van der Waals surface area (Å²) in [6.07, 6.45) is -4.46. The fraction of sp³-hybridized carbons (Fsp3) is 0.211. The number of nitrogens with zero attached hydrogens (tertiary/aromatic N) is 2. The van der Waals surface area contributed by atoms with Crippen LogP contribution < -0.4 is 5.32 Å². The van der Waals surface area contributed by atoms with E-state index >= 15 is 0 Å². The zero-order chi connectivity index (χ0) is 20.0. The number of carbonyl (C=O) groups is 1. The fourth-order valence-corrected chi connectivity index (χ4v) is 2.34. The number of benzene rings is 2. The van der Waals surface area contributed by atoms with Gasteiger partial charge in [-0.15, -0.1) is 0 Å². The standard InChI is InChI=1S/C19H16F3N3O3/c20-19(21,22)15-8-4-7-14(9-15)18-24-17(28-25-18)10-23-16(26)12-27-11-13-5-2-1-3-6-13/h1-9H,10-12H2,(H,23,26). The van der Waals surface area contributed by atoms with Crippen molar-refractivity contribution in [3.05, 3.63) is 71.6 Å². The fourth-order valence-electron chi connectivity index (χ4n) is 2.34. The van der Waals surface area contributed by atoms with Gasteiger partial charge in [-0.05, 0) is 17.7 Å². The van der Waals surface area contributed by atoms with Crippen molar-refractivity contribution in [3.63, 3.8) is 0 Å². The Balaban J connectivity index is 1.50.